The van der Waals surface area contributed by atoms with Gasteiger partial charge in [-0.3, -0.25) is 4.98 Å². The molecule has 0 saturated heterocycles. The van der Waals surface area contributed by atoms with Gasteiger partial charge in [0.1, 0.15) is 0 Å². The normalized spacial score (nSPS) is 14.0. The van der Waals surface area contributed by atoms with Gasteiger partial charge in [0.15, 0.2) is 0 Å². The first-order valence-electron chi connectivity index (χ1n) is 7.62. The first-order chi connectivity index (χ1) is 10.3. The van der Waals surface area contributed by atoms with Crippen LogP contribution in [-0.4, -0.2) is 24.2 Å². The van der Waals surface area contributed by atoms with Crippen LogP contribution in [0.4, 0.5) is 0 Å². The SMILES string of the molecule is CCCNC(Cc1cncs1)C(OCC)c1ccccc1. The summed E-state index contributed by atoms with van der Waals surface area (Å²) >= 11 is 1.71. The van der Waals surface area contributed by atoms with Crippen molar-refractivity contribution in [3.63, 3.8) is 0 Å². The van der Waals surface area contributed by atoms with Crippen molar-refractivity contribution in [2.24, 2.45) is 0 Å². The van der Waals surface area contributed by atoms with Gasteiger partial charge in [-0.15, -0.1) is 11.3 Å². The lowest BCUT2D eigenvalue weighted by atomic mass is 9.98. The molecule has 3 nitrogen and oxygen atoms in total. The first-order valence-corrected chi connectivity index (χ1v) is 8.50. The molecular formula is C17H24N2OS. The van der Waals surface area contributed by atoms with Crippen molar-refractivity contribution >= 4 is 11.3 Å². The average Bonchev–Trinajstić information content (AvgIpc) is 3.03. The fourth-order valence-corrected chi connectivity index (χ4v) is 3.10. The van der Waals surface area contributed by atoms with Gasteiger partial charge in [0.2, 0.25) is 0 Å². The Kier molecular flexibility index (Phi) is 6.86. The molecule has 0 aliphatic rings. The second-order valence-electron chi connectivity index (χ2n) is 5.02. The van der Waals surface area contributed by atoms with Crippen LogP contribution in [0.2, 0.25) is 0 Å². The molecule has 0 spiro atoms. The molecule has 21 heavy (non-hydrogen) atoms. The molecule has 1 aromatic heterocycles. The molecule has 2 unspecified atom stereocenters. The number of ether oxygens (including phenoxy) is 1. The van der Waals surface area contributed by atoms with Crippen LogP contribution in [0.5, 0.6) is 0 Å². The van der Waals surface area contributed by atoms with Gasteiger partial charge in [-0.05, 0) is 25.5 Å². The zero-order valence-corrected chi connectivity index (χ0v) is 13.6. The van der Waals surface area contributed by atoms with Gasteiger partial charge in [0.25, 0.3) is 0 Å². The topological polar surface area (TPSA) is 34.2 Å². The summed E-state index contributed by atoms with van der Waals surface area (Å²) in [6.45, 7) is 5.96. The summed E-state index contributed by atoms with van der Waals surface area (Å²) in [6.07, 6.45) is 4.10. The summed E-state index contributed by atoms with van der Waals surface area (Å²) in [5.41, 5.74) is 3.13. The number of benzene rings is 1. The maximum atomic E-state index is 6.06. The van der Waals surface area contributed by atoms with Crippen molar-refractivity contribution in [1.82, 2.24) is 10.3 Å². The zero-order chi connectivity index (χ0) is 14.9. The summed E-state index contributed by atoms with van der Waals surface area (Å²) in [4.78, 5) is 5.48. The molecule has 0 radical (unpaired) electrons. The van der Waals surface area contributed by atoms with Gasteiger partial charge in [0, 0.05) is 30.1 Å². The van der Waals surface area contributed by atoms with Gasteiger partial charge in [-0.2, -0.15) is 0 Å². The van der Waals surface area contributed by atoms with Crippen LogP contribution in [-0.2, 0) is 11.2 Å². The Hall–Kier alpha value is -1.23. The van der Waals surface area contributed by atoms with Gasteiger partial charge in [-0.25, -0.2) is 0 Å². The molecular weight excluding hydrogens is 280 g/mol. The Bertz CT molecular complexity index is 487. The third-order valence-corrected chi connectivity index (χ3v) is 4.20. The average molecular weight is 304 g/mol. The second-order valence-corrected chi connectivity index (χ2v) is 5.99. The summed E-state index contributed by atoms with van der Waals surface area (Å²) in [5.74, 6) is 0. The van der Waals surface area contributed by atoms with E-state index in [-0.39, 0.29) is 12.1 Å². The minimum Gasteiger partial charge on any atom is -0.372 e. The van der Waals surface area contributed by atoms with E-state index in [1.165, 1.54) is 10.4 Å². The van der Waals surface area contributed by atoms with Crippen molar-refractivity contribution in [1.29, 1.82) is 0 Å². The van der Waals surface area contributed by atoms with Crippen LogP contribution >= 0.6 is 11.3 Å². The monoisotopic (exact) mass is 304 g/mol. The van der Waals surface area contributed by atoms with Gasteiger partial charge >= 0.3 is 0 Å². The molecule has 0 fully saturated rings. The maximum Gasteiger partial charge on any atom is 0.0981 e. The highest BCUT2D eigenvalue weighted by atomic mass is 32.1. The van der Waals surface area contributed by atoms with Crippen molar-refractivity contribution < 1.29 is 4.74 Å². The summed E-state index contributed by atoms with van der Waals surface area (Å²) in [7, 11) is 0. The van der Waals surface area contributed by atoms with E-state index in [2.05, 4.69) is 48.4 Å². The molecule has 0 saturated carbocycles. The largest absolute Gasteiger partial charge is 0.372 e. The van der Waals surface area contributed by atoms with Gasteiger partial charge < -0.3 is 10.1 Å². The molecule has 0 aliphatic heterocycles. The Morgan fingerprint density at radius 2 is 2.05 bits per heavy atom. The number of aromatic nitrogens is 1. The highest BCUT2D eigenvalue weighted by Crippen LogP contribution is 2.25. The lowest BCUT2D eigenvalue weighted by molar-refractivity contribution is 0.0334. The molecule has 2 atom stereocenters. The van der Waals surface area contributed by atoms with Crippen molar-refractivity contribution in [3.8, 4) is 0 Å². The van der Waals surface area contributed by atoms with Crippen LogP contribution in [0.3, 0.4) is 0 Å². The standard InChI is InChI=1S/C17H24N2OS/c1-3-10-19-16(11-15-12-18-13-21-15)17(20-4-2)14-8-6-5-7-9-14/h5-9,12-13,16-17,19H,3-4,10-11H2,1-2H3. The third kappa shape index (κ3) is 4.92. The lowest BCUT2D eigenvalue weighted by Gasteiger charge is -2.28. The number of rotatable bonds is 9. The van der Waals surface area contributed by atoms with E-state index >= 15 is 0 Å². The van der Waals surface area contributed by atoms with Crippen molar-refractivity contribution in [2.45, 2.75) is 38.8 Å². The van der Waals surface area contributed by atoms with Crippen LogP contribution < -0.4 is 5.32 Å². The van der Waals surface area contributed by atoms with E-state index in [1.807, 2.05) is 17.8 Å². The number of thiazole rings is 1. The van der Waals surface area contributed by atoms with E-state index in [9.17, 15) is 0 Å². The van der Waals surface area contributed by atoms with Crippen LogP contribution in [0.15, 0.2) is 42.0 Å². The Balaban J connectivity index is 2.17. The highest BCUT2D eigenvalue weighted by Gasteiger charge is 2.23. The van der Waals surface area contributed by atoms with Crippen LogP contribution in [0.25, 0.3) is 0 Å². The van der Waals surface area contributed by atoms with Crippen LogP contribution in [0, 0.1) is 0 Å². The second kappa shape index (κ2) is 8.93. The number of nitrogens with one attached hydrogen (secondary N) is 1. The van der Waals surface area contributed by atoms with Gasteiger partial charge in [0.05, 0.1) is 11.6 Å². The third-order valence-electron chi connectivity index (χ3n) is 3.40. The fraction of sp³-hybridized carbons (Fsp3) is 0.471. The first kappa shape index (κ1) is 16.1. The predicted molar refractivity (Wildman–Crippen MR) is 88.7 cm³/mol. The number of hydrogen-bond acceptors (Lipinski definition) is 4. The molecule has 1 heterocycles. The fourth-order valence-electron chi connectivity index (χ4n) is 2.44. The molecule has 0 aliphatic carbocycles. The smallest absolute Gasteiger partial charge is 0.0981 e. The summed E-state index contributed by atoms with van der Waals surface area (Å²) < 4.78 is 6.06. The molecule has 1 N–H and O–H groups in total. The minimum absolute atomic E-state index is 0.0739. The molecule has 2 rings (SSSR count). The minimum atomic E-state index is 0.0739. The van der Waals surface area contributed by atoms with E-state index in [0.717, 1.165) is 19.4 Å². The molecule has 1 aromatic carbocycles. The van der Waals surface area contributed by atoms with E-state index in [4.69, 9.17) is 4.74 Å². The molecule has 0 amide bonds. The highest BCUT2D eigenvalue weighted by molar-refractivity contribution is 7.09. The Morgan fingerprint density at radius 1 is 1.24 bits per heavy atom. The molecule has 4 heteroatoms. The Morgan fingerprint density at radius 3 is 2.67 bits per heavy atom. The van der Waals surface area contributed by atoms with Crippen molar-refractivity contribution in [3.05, 3.63) is 52.5 Å². The zero-order valence-electron chi connectivity index (χ0n) is 12.8. The summed E-state index contributed by atoms with van der Waals surface area (Å²) in [5, 5.41) is 3.64. The number of nitrogens with zero attached hydrogens (tertiary/aromatic N) is 1. The Labute approximate surface area is 131 Å². The van der Waals surface area contributed by atoms with Crippen molar-refractivity contribution in [2.75, 3.05) is 13.2 Å². The molecule has 2 aromatic rings. The maximum absolute atomic E-state index is 6.06. The summed E-state index contributed by atoms with van der Waals surface area (Å²) in [6, 6.07) is 10.8. The quantitative estimate of drug-likeness (QED) is 0.764. The van der Waals surface area contributed by atoms with E-state index < -0.39 is 0 Å². The van der Waals surface area contributed by atoms with Crippen LogP contribution in [0.1, 0.15) is 36.8 Å². The van der Waals surface area contributed by atoms with Gasteiger partial charge in [-0.1, -0.05) is 37.3 Å². The molecule has 114 valence electrons. The van der Waals surface area contributed by atoms with E-state index in [0.29, 0.717) is 6.61 Å². The lowest BCUT2D eigenvalue weighted by Crippen LogP contribution is -2.38. The number of hydrogen-bond donors (Lipinski definition) is 1. The molecule has 0 bridgehead atoms. The predicted octanol–water partition coefficient (Wildman–Crippen LogP) is 3.83. The van der Waals surface area contributed by atoms with E-state index in [1.54, 1.807) is 11.3 Å².